The number of ether oxygens (including phenoxy) is 2. The molecule has 174 valence electrons. The number of amides is 1. The summed E-state index contributed by atoms with van der Waals surface area (Å²) in [7, 11) is 1.54. The number of esters is 1. The Hall–Kier alpha value is -4.71. The summed E-state index contributed by atoms with van der Waals surface area (Å²) >= 11 is 0. The highest BCUT2D eigenvalue weighted by Gasteiger charge is 2.27. The average molecular weight is 466 g/mol. The topological polar surface area (TPSA) is 81.7 Å². The van der Waals surface area contributed by atoms with Gasteiger partial charge in [0, 0.05) is 22.4 Å². The Morgan fingerprint density at radius 1 is 0.686 bits per heavy atom. The normalized spacial score (nSPS) is 11.2. The SMILES string of the molecule is COc1ccc(C(=O)[C@@H](OC(=O)c2cccc(NC(=O)c3ccccc3)c2)c2ccccc2)cc1. The molecule has 0 aliphatic carbocycles. The predicted octanol–water partition coefficient (Wildman–Crippen LogP) is 5.73. The molecule has 4 aromatic carbocycles. The predicted molar refractivity (Wildman–Crippen MR) is 133 cm³/mol. The number of carbonyl (C=O) groups excluding carboxylic acids is 3. The second-order valence-electron chi connectivity index (χ2n) is 7.69. The summed E-state index contributed by atoms with van der Waals surface area (Å²) in [5.41, 5.74) is 2.08. The van der Waals surface area contributed by atoms with Crippen LogP contribution >= 0.6 is 0 Å². The molecule has 0 saturated carbocycles. The summed E-state index contributed by atoms with van der Waals surface area (Å²) in [5, 5.41) is 2.77. The Morgan fingerprint density at radius 3 is 1.97 bits per heavy atom. The van der Waals surface area contributed by atoms with Crippen LogP contribution in [0.1, 0.15) is 42.7 Å². The van der Waals surface area contributed by atoms with Gasteiger partial charge < -0.3 is 14.8 Å². The van der Waals surface area contributed by atoms with Gasteiger partial charge >= 0.3 is 5.97 Å². The highest BCUT2D eigenvalue weighted by molar-refractivity contribution is 6.05. The van der Waals surface area contributed by atoms with Crippen LogP contribution in [-0.2, 0) is 4.74 Å². The van der Waals surface area contributed by atoms with Gasteiger partial charge in [0.1, 0.15) is 5.75 Å². The van der Waals surface area contributed by atoms with Crippen LogP contribution in [0.25, 0.3) is 0 Å². The number of ketones is 1. The maximum atomic E-state index is 13.3. The lowest BCUT2D eigenvalue weighted by Gasteiger charge is -2.18. The molecule has 35 heavy (non-hydrogen) atoms. The van der Waals surface area contributed by atoms with Gasteiger partial charge in [-0.05, 0) is 54.6 Å². The van der Waals surface area contributed by atoms with Crippen LogP contribution in [0.2, 0.25) is 0 Å². The minimum atomic E-state index is -1.14. The summed E-state index contributed by atoms with van der Waals surface area (Å²) in [6.45, 7) is 0. The molecular formula is C29H23NO5. The van der Waals surface area contributed by atoms with Crippen molar-refractivity contribution in [3.8, 4) is 5.75 Å². The Kier molecular flexibility index (Phi) is 7.33. The number of benzene rings is 4. The van der Waals surface area contributed by atoms with Crippen LogP contribution in [0.15, 0.2) is 109 Å². The maximum Gasteiger partial charge on any atom is 0.339 e. The fraction of sp³-hybridized carbons (Fsp3) is 0.0690. The minimum absolute atomic E-state index is 0.208. The van der Waals surface area contributed by atoms with E-state index in [2.05, 4.69) is 5.32 Å². The van der Waals surface area contributed by atoms with Crippen molar-refractivity contribution in [2.24, 2.45) is 0 Å². The summed E-state index contributed by atoms with van der Waals surface area (Å²) in [6.07, 6.45) is -1.14. The number of methoxy groups -OCH3 is 1. The highest BCUT2D eigenvalue weighted by Crippen LogP contribution is 2.26. The number of rotatable bonds is 8. The number of hydrogen-bond acceptors (Lipinski definition) is 5. The van der Waals surface area contributed by atoms with Crippen LogP contribution in [-0.4, -0.2) is 24.8 Å². The number of carbonyl (C=O) groups is 3. The van der Waals surface area contributed by atoms with Gasteiger partial charge in [-0.3, -0.25) is 9.59 Å². The molecule has 0 radical (unpaired) electrons. The van der Waals surface area contributed by atoms with Crippen molar-refractivity contribution in [2.75, 3.05) is 12.4 Å². The second kappa shape index (κ2) is 10.9. The second-order valence-corrected chi connectivity index (χ2v) is 7.69. The third-order valence-electron chi connectivity index (χ3n) is 5.33. The van der Waals surface area contributed by atoms with Crippen molar-refractivity contribution >= 4 is 23.3 Å². The van der Waals surface area contributed by atoms with Crippen LogP contribution in [0.5, 0.6) is 5.75 Å². The van der Waals surface area contributed by atoms with Gasteiger partial charge in [0.15, 0.2) is 6.10 Å². The molecule has 1 amide bonds. The van der Waals surface area contributed by atoms with Crippen molar-refractivity contribution in [2.45, 2.75) is 6.10 Å². The van der Waals surface area contributed by atoms with Gasteiger partial charge in [-0.2, -0.15) is 0 Å². The van der Waals surface area contributed by atoms with E-state index in [0.717, 1.165) is 0 Å². The fourth-order valence-corrected chi connectivity index (χ4v) is 3.50. The quantitative estimate of drug-likeness (QED) is 0.266. The summed E-state index contributed by atoms with van der Waals surface area (Å²) in [4.78, 5) is 38.8. The molecule has 0 saturated heterocycles. The molecule has 0 fully saturated rings. The molecule has 6 nitrogen and oxygen atoms in total. The third kappa shape index (κ3) is 5.81. The Morgan fingerprint density at radius 2 is 1.31 bits per heavy atom. The lowest BCUT2D eigenvalue weighted by atomic mass is 9.99. The van der Waals surface area contributed by atoms with E-state index >= 15 is 0 Å². The van der Waals surface area contributed by atoms with Crippen LogP contribution in [0.3, 0.4) is 0 Å². The molecular weight excluding hydrogens is 442 g/mol. The summed E-state index contributed by atoms with van der Waals surface area (Å²) < 4.78 is 10.9. The van der Waals surface area contributed by atoms with Gasteiger partial charge in [0.05, 0.1) is 12.7 Å². The van der Waals surface area contributed by atoms with E-state index in [4.69, 9.17) is 9.47 Å². The third-order valence-corrected chi connectivity index (χ3v) is 5.33. The smallest absolute Gasteiger partial charge is 0.339 e. The van der Waals surface area contributed by atoms with Crippen LogP contribution < -0.4 is 10.1 Å². The van der Waals surface area contributed by atoms with E-state index in [9.17, 15) is 14.4 Å². The Balaban J connectivity index is 1.55. The zero-order chi connectivity index (χ0) is 24.6. The number of anilines is 1. The average Bonchev–Trinajstić information content (AvgIpc) is 2.92. The molecule has 1 atom stereocenters. The first-order valence-corrected chi connectivity index (χ1v) is 11.0. The van der Waals surface area contributed by atoms with Gasteiger partial charge in [0.2, 0.25) is 5.78 Å². The minimum Gasteiger partial charge on any atom is -0.497 e. The molecule has 6 heteroatoms. The molecule has 0 heterocycles. The molecule has 0 spiro atoms. The Bertz CT molecular complexity index is 1320. The molecule has 0 bridgehead atoms. The van der Waals surface area contributed by atoms with Crippen molar-refractivity contribution in [3.05, 3.63) is 131 Å². The molecule has 0 aliphatic rings. The summed E-state index contributed by atoms with van der Waals surface area (Å²) in [5.74, 6) is -0.727. The van der Waals surface area contributed by atoms with Gasteiger partial charge in [-0.25, -0.2) is 4.79 Å². The van der Waals surface area contributed by atoms with E-state index in [1.54, 1.807) is 98.1 Å². The molecule has 1 N–H and O–H groups in total. The Labute approximate surface area is 203 Å². The first kappa shape index (κ1) is 23.4. The molecule has 4 aromatic rings. The molecule has 0 unspecified atom stereocenters. The maximum absolute atomic E-state index is 13.3. The summed E-state index contributed by atoms with van der Waals surface area (Å²) in [6, 6.07) is 30.6. The van der Waals surface area contributed by atoms with Crippen LogP contribution in [0, 0.1) is 0 Å². The molecule has 4 rings (SSSR count). The monoisotopic (exact) mass is 465 g/mol. The standard InChI is InChI=1S/C29H23NO5/c1-34-25-17-15-20(16-18-25)26(31)27(21-9-4-2-5-10-21)35-29(33)23-13-8-14-24(19-23)30-28(32)22-11-6-3-7-12-22/h2-19,27H,1H3,(H,30,32)/t27-/m0/s1. The van der Waals surface area contributed by atoms with E-state index in [1.165, 1.54) is 6.07 Å². The number of nitrogens with one attached hydrogen (secondary N) is 1. The largest absolute Gasteiger partial charge is 0.497 e. The van der Waals surface area contributed by atoms with Crippen molar-refractivity contribution in [1.29, 1.82) is 0 Å². The molecule has 0 aliphatic heterocycles. The van der Waals surface area contributed by atoms with Crippen molar-refractivity contribution in [1.82, 2.24) is 0 Å². The van der Waals surface area contributed by atoms with Gasteiger partial charge in [-0.1, -0.05) is 54.6 Å². The molecule has 0 aromatic heterocycles. The number of hydrogen-bond donors (Lipinski definition) is 1. The van der Waals surface area contributed by atoms with E-state index in [1.807, 2.05) is 12.1 Å². The van der Waals surface area contributed by atoms with Crippen molar-refractivity contribution < 1.29 is 23.9 Å². The van der Waals surface area contributed by atoms with Crippen LogP contribution in [0.4, 0.5) is 5.69 Å². The van der Waals surface area contributed by atoms with E-state index < -0.39 is 12.1 Å². The zero-order valence-corrected chi connectivity index (χ0v) is 19.0. The lowest BCUT2D eigenvalue weighted by Crippen LogP contribution is -2.20. The first-order chi connectivity index (χ1) is 17.0. The number of Topliss-reactive ketones (excluding diaryl/α,β-unsaturated/α-hetero) is 1. The highest BCUT2D eigenvalue weighted by atomic mass is 16.5. The van der Waals surface area contributed by atoms with Gasteiger partial charge in [-0.15, -0.1) is 0 Å². The lowest BCUT2D eigenvalue weighted by molar-refractivity contribution is 0.0280. The van der Waals surface area contributed by atoms with E-state index in [-0.39, 0.29) is 17.3 Å². The fourth-order valence-electron chi connectivity index (χ4n) is 3.50. The first-order valence-electron chi connectivity index (χ1n) is 11.0. The zero-order valence-electron chi connectivity index (χ0n) is 19.0. The van der Waals surface area contributed by atoms with Gasteiger partial charge in [0.25, 0.3) is 5.91 Å². The van der Waals surface area contributed by atoms with Crippen molar-refractivity contribution in [3.63, 3.8) is 0 Å². The van der Waals surface area contributed by atoms with E-state index in [0.29, 0.717) is 28.1 Å².